The van der Waals surface area contributed by atoms with Gasteiger partial charge in [-0.05, 0) is 38.8 Å². The number of amides is 1. The molecule has 22 heavy (non-hydrogen) atoms. The van der Waals surface area contributed by atoms with Gasteiger partial charge in [-0.25, -0.2) is 9.97 Å². The summed E-state index contributed by atoms with van der Waals surface area (Å²) in [5.41, 5.74) is 0.778. The highest BCUT2D eigenvalue weighted by Crippen LogP contribution is 2.29. The molecule has 2 aromatic heterocycles. The lowest BCUT2D eigenvalue weighted by Crippen LogP contribution is -2.38. The van der Waals surface area contributed by atoms with Crippen LogP contribution in [0.5, 0.6) is 0 Å². The first-order valence-corrected chi connectivity index (χ1v) is 7.76. The molecule has 0 spiro atoms. The Bertz CT molecular complexity index is 760. The molecule has 1 saturated carbocycles. The SMILES string of the molecule is CC(C)NC(=O)c1nc2cccnc2n(C2CCCC2)c1=O. The van der Waals surface area contributed by atoms with Crippen molar-refractivity contribution >= 4 is 17.1 Å². The van der Waals surface area contributed by atoms with Gasteiger partial charge in [0.2, 0.25) is 0 Å². The number of hydrogen-bond acceptors (Lipinski definition) is 4. The van der Waals surface area contributed by atoms with Gasteiger partial charge in [0.1, 0.15) is 5.52 Å². The van der Waals surface area contributed by atoms with Gasteiger partial charge in [-0.3, -0.25) is 14.2 Å². The Hall–Kier alpha value is -2.24. The van der Waals surface area contributed by atoms with Crippen molar-refractivity contribution in [1.29, 1.82) is 0 Å². The molecule has 0 saturated heterocycles. The van der Waals surface area contributed by atoms with Crippen molar-refractivity contribution in [3.8, 4) is 0 Å². The highest BCUT2D eigenvalue weighted by molar-refractivity contribution is 5.93. The van der Waals surface area contributed by atoms with Crippen LogP contribution in [0.3, 0.4) is 0 Å². The summed E-state index contributed by atoms with van der Waals surface area (Å²) in [6.07, 6.45) is 5.74. The van der Waals surface area contributed by atoms with Gasteiger partial charge >= 0.3 is 0 Å². The second-order valence-electron chi connectivity index (χ2n) is 6.05. The minimum atomic E-state index is -0.419. The van der Waals surface area contributed by atoms with Gasteiger partial charge in [-0.1, -0.05) is 12.8 Å². The van der Waals surface area contributed by atoms with Crippen molar-refractivity contribution in [3.63, 3.8) is 0 Å². The van der Waals surface area contributed by atoms with Crippen LogP contribution in [0.25, 0.3) is 11.2 Å². The Balaban J connectivity index is 2.20. The molecule has 0 unspecified atom stereocenters. The van der Waals surface area contributed by atoms with Gasteiger partial charge in [0.15, 0.2) is 11.3 Å². The van der Waals surface area contributed by atoms with Gasteiger partial charge in [-0.15, -0.1) is 0 Å². The summed E-state index contributed by atoms with van der Waals surface area (Å²) in [7, 11) is 0. The molecular weight excluding hydrogens is 280 g/mol. The summed E-state index contributed by atoms with van der Waals surface area (Å²) < 4.78 is 1.67. The zero-order chi connectivity index (χ0) is 15.7. The number of carbonyl (C=O) groups is 1. The van der Waals surface area contributed by atoms with Crippen LogP contribution < -0.4 is 10.9 Å². The molecule has 2 heterocycles. The summed E-state index contributed by atoms with van der Waals surface area (Å²) in [6.45, 7) is 3.71. The van der Waals surface area contributed by atoms with Crippen LogP contribution >= 0.6 is 0 Å². The van der Waals surface area contributed by atoms with E-state index in [2.05, 4.69) is 15.3 Å². The van der Waals surface area contributed by atoms with Gasteiger partial charge in [0.05, 0.1) is 0 Å². The molecule has 6 heteroatoms. The normalized spacial score (nSPS) is 15.6. The molecule has 1 fully saturated rings. The highest BCUT2D eigenvalue weighted by Gasteiger charge is 2.25. The minimum Gasteiger partial charge on any atom is -0.348 e. The van der Waals surface area contributed by atoms with Crippen molar-refractivity contribution < 1.29 is 4.79 Å². The molecular formula is C16H20N4O2. The van der Waals surface area contributed by atoms with Crippen molar-refractivity contribution in [3.05, 3.63) is 34.4 Å². The fourth-order valence-electron chi connectivity index (χ4n) is 3.02. The number of fused-ring (bicyclic) bond motifs is 1. The number of hydrogen-bond donors (Lipinski definition) is 1. The van der Waals surface area contributed by atoms with E-state index in [1.165, 1.54) is 0 Å². The average molecular weight is 300 g/mol. The predicted octanol–water partition coefficient (Wildman–Crippen LogP) is 2.04. The zero-order valence-corrected chi connectivity index (χ0v) is 12.9. The topological polar surface area (TPSA) is 76.9 Å². The summed E-state index contributed by atoms with van der Waals surface area (Å²) >= 11 is 0. The maximum atomic E-state index is 12.8. The molecule has 1 aliphatic rings. The fraction of sp³-hybridized carbons (Fsp3) is 0.500. The van der Waals surface area contributed by atoms with Gasteiger partial charge in [0, 0.05) is 18.3 Å². The van der Waals surface area contributed by atoms with Crippen LogP contribution in [-0.4, -0.2) is 26.5 Å². The number of aromatic nitrogens is 3. The monoisotopic (exact) mass is 300 g/mol. The van der Waals surface area contributed by atoms with Crippen LogP contribution in [0.2, 0.25) is 0 Å². The minimum absolute atomic E-state index is 0.0406. The molecule has 2 aromatic rings. The average Bonchev–Trinajstić information content (AvgIpc) is 2.99. The third-order valence-corrected chi connectivity index (χ3v) is 3.97. The Kier molecular flexibility index (Phi) is 3.92. The van der Waals surface area contributed by atoms with E-state index in [0.717, 1.165) is 25.7 Å². The van der Waals surface area contributed by atoms with Gasteiger partial charge in [0.25, 0.3) is 11.5 Å². The first kappa shape index (κ1) is 14.7. The number of nitrogens with zero attached hydrogens (tertiary/aromatic N) is 3. The highest BCUT2D eigenvalue weighted by atomic mass is 16.2. The van der Waals surface area contributed by atoms with Crippen LogP contribution in [0, 0.1) is 0 Å². The number of pyridine rings is 1. The van der Waals surface area contributed by atoms with Crippen molar-refractivity contribution in [2.24, 2.45) is 0 Å². The Morgan fingerprint density at radius 3 is 2.77 bits per heavy atom. The van der Waals surface area contributed by atoms with Gasteiger partial charge in [-0.2, -0.15) is 0 Å². The zero-order valence-electron chi connectivity index (χ0n) is 12.9. The molecule has 0 radical (unpaired) electrons. The van der Waals surface area contributed by atoms with Crippen molar-refractivity contribution in [2.75, 3.05) is 0 Å². The van der Waals surface area contributed by atoms with E-state index in [-0.39, 0.29) is 23.3 Å². The smallest absolute Gasteiger partial charge is 0.284 e. The Morgan fingerprint density at radius 1 is 1.36 bits per heavy atom. The molecule has 1 N–H and O–H groups in total. The maximum absolute atomic E-state index is 12.8. The Labute approximate surface area is 128 Å². The fourth-order valence-corrected chi connectivity index (χ4v) is 3.02. The summed E-state index contributed by atoms with van der Waals surface area (Å²) in [6, 6.07) is 3.62. The molecule has 3 rings (SSSR count). The number of rotatable bonds is 3. The van der Waals surface area contributed by atoms with E-state index in [0.29, 0.717) is 11.2 Å². The van der Waals surface area contributed by atoms with E-state index >= 15 is 0 Å². The van der Waals surface area contributed by atoms with Crippen molar-refractivity contribution in [1.82, 2.24) is 19.9 Å². The van der Waals surface area contributed by atoms with Crippen LogP contribution in [0.1, 0.15) is 56.1 Å². The molecule has 1 aliphatic carbocycles. The third kappa shape index (κ3) is 2.61. The first-order chi connectivity index (χ1) is 10.6. The number of carbonyl (C=O) groups excluding carboxylic acids is 1. The predicted molar refractivity (Wildman–Crippen MR) is 83.9 cm³/mol. The van der Waals surface area contributed by atoms with Crippen LogP contribution in [-0.2, 0) is 0 Å². The van der Waals surface area contributed by atoms with E-state index in [4.69, 9.17) is 0 Å². The van der Waals surface area contributed by atoms with Crippen LogP contribution in [0.15, 0.2) is 23.1 Å². The lowest BCUT2D eigenvalue weighted by atomic mass is 10.2. The molecule has 0 bridgehead atoms. The molecule has 6 nitrogen and oxygen atoms in total. The van der Waals surface area contributed by atoms with E-state index < -0.39 is 5.91 Å². The second kappa shape index (κ2) is 5.87. The maximum Gasteiger partial charge on any atom is 0.284 e. The van der Waals surface area contributed by atoms with E-state index in [9.17, 15) is 9.59 Å². The molecule has 0 aliphatic heterocycles. The second-order valence-corrected chi connectivity index (χ2v) is 6.05. The quantitative estimate of drug-likeness (QED) is 0.941. The molecule has 0 aromatic carbocycles. The summed E-state index contributed by atoms with van der Waals surface area (Å²) in [5, 5.41) is 2.75. The van der Waals surface area contributed by atoms with E-state index in [1.807, 2.05) is 13.8 Å². The molecule has 116 valence electrons. The Morgan fingerprint density at radius 2 is 2.09 bits per heavy atom. The summed E-state index contributed by atoms with van der Waals surface area (Å²) in [4.78, 5) is 33.6. The number of nitrogens with one attached hydrogen (secondary N) is 1. The van der Waals surface area contributed by atoms with Crippen LogP contribution in [0.4, 0.5) is 0 Å². The standard InChI is InChI=1S/C16H20N4O2/c1-10(2)18-15(21)13-16(22)20(11-6-3-4-7-11)14-12(19-13)8-5-9-17-14/h5,8-11H,3-4,6-7H2,1-2H3,(H,18,21). The lowest BCUT2D eigenvalue weighted by Gasteiger charge is -2.17. The molecule has 1 amide bonds. The van der Waals surface area contributed by atoms with E-state index in [1.54, 1.807) is 22.9 Å². The van der Waals surface area contributed by atoms with Gasteiger partial charge < -0.3 is 5.32 Å². The summed E-state index contributed by atoms with van der Waals surface area (Å²) in [5.74, 6) is -0.419. The first-order valence-electron chi connectivity index (χ1n) is 7.76. The largest absolute Gasteiger partial charge is 0.348 e. The molecule has 0 atom stereocenters. The lowest BCUT2D eigenvalue weighted by molar-refractivity contribution is 0.0936. The van der Waals surface area contributed by atoms with Crippen molar-refractivity contribution in [2.45, 2.75) is 51.6 Å². The third-order valence-electron chi connectivity index (χ3n) is 3.97.